The number of hydrogen-bond acceptors (Lipinski definition) is 5. The van der Waals surface area contributed by atoms with Crippen LogP contribution in [0, 0.1) is 5.82 Å². The van der Waals surface area contributed by atoms with Crippen LogP contribution in [0.15, 0.2) is 55.2 Å². The number of pyridine rings is 1. The second kappa shape index (κ2) is 6.08. The summed E-state index contributed by atoms with van der Waals surface area (Å²) >= 11 is 0. The lowest BCUT2D eigenvalue weighted by Crippen LogP contribution is -2.48. The van der Waals surface area contributed by atoms with Crippen molar-refractivity contribution in [2.45, 2.75) is 6.17 Å². The molecule has 27 heavy (non-hydrogen) atoms. The molecule has 0 amide bonds. The van der Waals surface area contributed by atoms with E-state index in [1.165, 1.54) is 10.7 Å². The quantitative estimate of drug-likeness (QED) is 0.559. The Labute approximate surface area is 153 Å². The van der Waals surface area contributed by atoms with E-state index in [2.05, 4.69) is 20.1 Å². The zero-order valence-corrected chi connectivity index (χ0v) is 14.1. The van der Waals surface area contributed by atoms with Crippen molar-refractivity contribution in [3.63, 3.8) is 0 Å². The number of anilines is 1. The normalized spacial score (nSPS) is 14.5. The predicted octanol–water partition coefficient (Wildman–Crippen LogP) is 3.17. The van der Waals surface area contributed by atoms with Gasteiger partial charge in [0.15, 0.2) is 5.65 Å². The number of hydrogen-bond donors (Lipinski definition) is 0. The summed E-state index contributed by atoms with van der Waals surface area (Å²) in [6.45, 7) is 0.657. The molecular weight excluding hydrogens is 350 g/mol. The van der Waals surface area contributed by atoms with Crippen molar-refractivity contribution in [3.05, 3.63) is 61.1 Å². The van der Waals surface area contributed by atoms with E-state index in [0.29, 0.717) is 30.1 Å². The van der Waals surface area contributed by atoms with Gasteiger partial charge in [0.05, 0.1) is 25.0 Å². The molecule has 134 valence electrons. The van der Waals surface area contributed by atoms with Crippen LogP contribution >= 0.6 is 0 Å². The summed E-state index contributed by atoms with van der Waals surface area (Å²) < 4.78 is 29.0. The summed E-state index contributed by atoms with van der Waals surface area (Å²) in [6.07, 6.45) is 7.43. The lowest BCUT2D eigenvalue weighted by Gasteiger charge is -2.36. The minimum atomic E-state index is -0.825. The average Bonchev–Trinajstić information content (AvgIpc) is 3.10. The molecule has 1 aliphatic heterocycles. The molecule has 1 fully saturated rings. The molecule has 1 aliphatic rings. The molecule has 0 aliphatic carbocycles. The fourth-order valence-electron chi connectivity index (χ4n) is 3.14. The summed E-state index contributed by atoms with van der Waals surface area (Å²) in [4.78, 5) is 14.5. The number of nitrogens with zero attached hydrogens (tertiary/aromatic N) is 6. The van der Waals surface area contributed by atoms with Gasteiger partial charge in [-0.15, -0.1) is 5.10 Å². The molecule has 0 saturated carbocycles. The lowest BCUT2D eigenvalue weighted by atomic mass is 10.1. The molecule has 0 atom stereocenters. The van der Waals surface area contributed by atoms with Crippen LogP contribution in [-0.4, -0.2) is 44.0 Å². The summed E-state index contributed by atoms with van der Waals surface area (Å²) in [5, 5.41) is 5.13. The smallest absolute Gasteiger partial charge is 0.181 e. The first kappa shape index (κ1) is 15.8. The van der Waals surface area contributed by atoms with Crippen molar-refractivity contribution in [2.75, 3.05) is 18.0 Å². The zero-order valence-electron chi connectivity index (χ0n) is 14.1. The molecule has 3 aromatic heterocycles. The molecule has 6 nitrogen and oxygen atoms in total. The third-order valence-corrected chi connectivity index (χ3v) is 4.60. The Morgan fingerprint density at radius 1 is 1.04 bits per heavy atom. The summed E-state index contributed by atoms with van der Waals surface area (Å²) in [7, 11) is 0. The van der Waals surface area contributed by atoms with Gasteiger partial charge in [0.25, 0.3) is 0 Å². The standard InChI is InChI=1S/C19H14F2N6/c20-14-10-26(11-14)15-1-2-16(21)18(6-15)27-9-13-5-12(7-24-19(13)25-27)17-8-22-3-4-23-17/h1-9,14H,10-11H2. The minimum Gasteiger partial charge on any atom is -0.365 e. The topological polar surface area (TPSA) is 59.7 Å². The second-order valence-corrected chi connectivity index (χ2v) is 6.44. The first-order valence-electron chi connectivity index (χ1n) is 8.48. The van der Waals surface area contributed by atoms with Crippen molar-refractivity contribution in [1.82, 2.24) is 24.7 Å². The van der Waals surface area contributed by atoms with E-state index in [1.54, 1.807) is 43.1 Å². The SMILES string of the molecule is Fc1ccc(N2CC(F)C2)cc1-n1cc2cc(-c3cnccn3)cnc2n1. The van der Waals surface area contributed by atoms with E-state index in [9.17, 15) is 8.78 Å². The highest BCUT2D eigenvalue weighted by atomic mass is 19.1. The number of fused-ring (bicyclic) bond motifs is 1. The molecule has 1 aromatic carbocycles. The molecule has 0 N–H and O–H groups in total. The van der Waals surface area contributed by atoms with Gasteiger partial charge in [-0.05, 0) is 24.3 Å². The maximum absolute atomic E-state index is 14.4. The molecule has 8 heteroatoms. The minimum absolute atomic E-state index is 0.300. The van der Waals surface area contributed by atoms with E-state index in [1.807, 2.05) is 11.0 Å². The number of aromatic nitrogens is 5. The van der Waals surface area contributed by atoms with Gasteiger partial charge in [0, 0.05) is 41.4 Å². The highest BCUT2D eigenvalue weighted by molar-refractivity contribution is 5.80. The maximum Gasteiger partial charge on any atom is 0.181 e. The summed E-state index contributed by atoms with van der Waals surface area (Å²) in [5.41, 5.74) is 3.08. The van der Waals surface area contributed by atoms with Crippen LogP contribution in [0.5, 0.6) is 0 Å². The molecule has 0 spiro atoms. The lowest BCUT2D eigenvalue weighted by molar-refractivity contribution is 0.275. The van der Waals surface area contributed by atoms with E-state index in [4.69, 9.17) is 0 Å². The Kier molecular flexibility index (Phi) is 3.56. The van der Waals surface area contributed by atoms with E-state index >= 15 is 0 Å². The molecule has 0 radical (unpaired) electrons. The highest BCUT2D eigenvalue weighted by Crippen LogP contribution is 2.27. The first-order valence-corrected chi connectivity index (χ1v) is 8.48. The average molecular weight is 364 g/mol. The predicted molar refractivity (Wildman–Crippen MR) is 97.0 cm³/mol. The van der Waals surface area contributed by atoms with E-state index in [-0.39, 0.29) is 0 Å². The van der Waals surface area contributed by atoms with Crippen LogP contribution in [0.1, 0.15) is 0 Å². The Balaban J connectivity index is 1.54. The van der Waals surface area contributed by atoms with Crippen molar-refractivity contribution < 1.29 is 8.78 Å². The summed E-state index contributed by atoms with van der Waals surface area (Å²) in [6, 6.07) is 6.59. The molecular formula is C19H14F2N6. The van der Waals surface area contributed by atoms with Crippen LogP contribution in [0.2, 0.25) is 0 Å². The second-order valence-electron chi connectivity index (χ2n) is 6.44. The van der Waals surface area contributed by atoms with Crippen molar-refractivity contribution in [1.29, 1.82) is 0 Å². The van der Waals surface area contributed by atoms with Gasteiger partial charge in [-0.3, -0.25) is 9.97 Å². The molecule has 0 bridgehead atoms. The van der Waals surface area contributed by atoms with Gasteiger partial charge in [0.1, 0.15) is 17.7 Å². The summed E-state index contributed by atoms with van der Waals surface area (Å²) in [5.74, 6) is -0.405. The molecule has 0 unspecified atom stereocenters. The largest absolute Gasteiger partial charge is 0.365 e. The van der Waals surface area contributed by atoms with Gasteiger partial charge < -0.3 is 4.90 Å². The van der Waals surface area contributed by atoms with Crippen molar-refractivity contribution in [2.24, 2.45) is 0 Å². The van der Waals surface area contributed by atoms with Gasteiger partial charge in [-0.2, -0.15) is 0 Å². The first-order chi connectivity index (χ1) is 13.2. The van der Waals surface area contributed by atoms with Gasteiger partial charge in [-0.1, -0.05) is 0 Å². The van der Waals surface area contributed by atoms with Crippen molar-refractivity contribution >= 4 is 16.7 Å². The zero-order chi connectivity index (χ0) is 18.4. The molecule has 4 heterocycles. The van der Waals surface area contributed by atoms with E-state index < -0.39 is 12.0 Å². The van der Waals surface area contributed by atoms with Crippen LogP contribution in [0.25, 0.3) is 28.0 Å². The van der Waals surface area contributed by atoms with Crippen molar-refractivity contribution in [3.8, 4) is 16.9 Å². The fraction of sp³-hybridized carbons (Fsp3) is 0.158. The van der Waals surface area contributed by atoms with Gasteiger partial charge in [0.2, 0.25) is 0 Å². The van der Waals surface area contributed by atoms with Crippen LogP contribution in [0.3, 0.4) is 0 Å². The highest BCUT2D eigenvalue weighted by Gasteiger charge is 2.27. The Morgan fingerprint density at radius 2 is 1.93 bits per heavy atom. The number of benzene rings is 1. The Hall–Kier alpha value is -3.42. The number of rotatable bonds is 3. The number of alkyl halides is 1. The van der Waals surface area contributed by atoms with E-state index in [0.717, 1.165) is 16.6 Å². The molecule has 4 aromatic rings. The Bertz CT molecular complexity index is 1120. The molecule has 5 rings (SSSR count). The monoisotopic (exact) mass is 364 g/mol. The third kappa shape index (κ3) is 2.79. The number of halogens is 2. The molecule has 1 saturated heterocycles. The van der Waals surface area contributed by atoms with Crippen LogP contribution in [-0.2, 0) is 0 Å². The van der Waals surface area contributed by atoms with Crippen LogP contribution in [0.4, 0.5) is 14.5 Å². The Morgan fingerprint density at radius 3 is 2.70 bits per heavy atom. The fourth-order valence-corrected chi connectivity index (χ4v) is 3.14. The van der Waals surface area contributed by atoms with Crippen LogP contribution < -0.4 is 4.90 Å². The van der Waals surface area contributed by atoms with Gasteiger partial charge >= 0.3 is 0 Å². The van der Waals surface area contributed by atoms with Gasteiger partial charge in [-0.25, -0.2) is 18.4 Å². The third-order valence-electron chi connectivity index (χ3n) is 4.60. The maximum atomic E-state index is 14.4.